The van der Waals surface area contributed by atoms with Crippen molar-refractivity contribution in [3.05, 3.63) is 90.2 Å². The zero-order valence-corrected chi connectivity index (χ0v) is 14.3. The first-order valence-corrected chi connectivity index (χ1v) is 8.17. The third kappa shape index (κ3) is 4.39. The summed E-state index contributed by atoms with van der Waals surface area (Å²) in [5, 5.41) is 5.98. The van der Waals surface area contributed by atoms with Crippen LogP contribution in [0.15, 0.2) is 78.9 Å². The molecule has 0 aliphatic carbocycles. The minimum atomic E-state index is -0.677. The number of halogens is 1. The van der Waals surface area contributed by atoms with Crippen LogP contribution < -0.4 is 15.4 Å². The lowest BCUT2D eigenvalue weighted by Gasteiger charge is -2.20. The largest absolute Gasteiger partial charge is 0.497 e. The quantitative estimate of drug-likeness (QED) is 0.682. The molecule has 0 aliphatic rings. The summed E-state index contributed by atoms with van der Waals surface area (Å²) in [5.74, 6) is 0.0286. The van der Waals surface area contributed by atoms with Crippen molar-refractivity contribution in [3.63, 3.8) is 0 Å². The van der Waals surface area contributed by atoms with Crippen molar-refractivity contribution in [3.8, 4) is 5.75 Å². The molecule has 4 nitrogen and oxygen atoms in total. The summed E-state index contributed by atoms with van der Waals surface area (Å²) < 4.78 is 18.7. The van der Waals surface area contributed by atoms with E-state index in [1.807, 2.05) is 30.3 Å². The zero-order chi connectivity index (χ0) is 18.4. The lowest BCUT2D eigenvalue weighted by molar-refractivity contribution is -0.117. The van der Waals surface area contributed by atoms with E-state index in [9.17, 15) is 9.18 Å². The van der Waals surface area contributed by atoms with E-state index in [-0.39, 0.29) is 11.7 Å². The highest BCUT2D eigenvalue weighted by Gasteiger charge is 2.21. The van der Waals surface area contributed by atoms with Gasteiger partial charge in [0.15, 0.2) is 0 Å². The third-order valence-electron chi connectivity index (χ3n) is 3.87. The SMILES string of the molecule is COc1cccc(NC(=O)[C@H](Nc2cccc(F)c2)c2ccccc2)c1. The number of methoxy groups -OCH3 is 1. The predicted molar refractivity (Wildman–Crippen MR) is 101 cm³/mol. The molecule has 0 fully saturated rings. The fourth-order valence-corrected chi connectivity index (χ4v) is 2.61. The Labute approximate surface area is 151 Å². The standard InChI is InChI=1S/C21H19FN2O2/c1-26-19-12-6-11-18(14-19)24-21(25)20(15-7-3-2-4-8-15)23-17-10-5-9-16(22)13-17/h2-14,20,23H,1H3,(H,24,25)/t20-/m1/s1. The third-order valence-corrected chi connectivity index (χ3v) is 3.87. The van der Waals surface area contributed by atoms with Crippen LogP contribution in [-0.4, -0.2) is 13.0 Å². The minimum Gasteiger partial charge on any atom is -0.497 e. The molecule has 1 amide bonds. The molecule has 26 heavy (non-hydrogen) atoms. The number of hydrogen-bond donors (Lipinski definition) is 2. The van der Waals surface area contributed by atoms with Gasteiger partial charge in [0.05, 0.1) is 7.11 Å². The van der Waals surface area contributed by atoms with E-state index < -0.39 is 6.04 Å². The second kappa shape index (κ2) is 8.16. The molecular formula is C21H19FN2O2. The van der Waals surface area contributed by atoms with Crippen LogP contribution in [0.5, 0.6) is 5.75 Å². The number of ether oxygens (including phenoxy) is 1. The smallest absolute Gasteiger partial charge is 0.251 e. The van der Waals surface area contributed by atoms with Crippen LogP contribution >= 0.6 is 0 Å². The van der Waals surface area contributed by atoms with Crippen molar-refractivity contribution in [2.45, 2.75) is 6.04 Å². The molecule has 0 bridgehead atoms. The van der Waals surface area contributed by atoms with Gasteiger partial charge in [-0.2, -0.15) is 0 Å². The number of rotatable bonds is 6. The van der Waals surface area contributed by atoms with Crippen LogP contribution in [0.25, 0.3) is 0 Å². The maximum absolute atomic E-state index is 13.5. The van der Waals surface area contributed by atoms with Crippen LogP contribution in [0.4, 0.5) is 15.8 Å². The minimum absolute atomic E-state index is 0.256. The monoisotopic (exact) mass is 350 g/mol. The Kier molecular flexibility index (Phi) is 5.49. The first-order chi connectivity index (χ1) is 12.7. The molecule has 0 unspecified atom stereocenters. The van der Waals surface area contributed by atoms with E-state index in [1.54, 1.807) is 43.5 Å². The maximum atomic E-state index is 13.5. The molecule has 3 aromatic carbocycles. The number of amides is 1. The van der Waals surface area contributed by atoms with E-state index >= 15 is 0 Å². The Balaban J connectivity index is 1.86. The van der Waals surface area contributed by atoms with Gasteiger partial charge in [-0.15, -0.1) is 0 Å². The molecule has 0 radical (unpaired) electrons. The van der Waals surface area contributed by atoms with E-state index in [2.05, 4.69) is 10.6 Å². The summed E-state index contributed by atoms with van der Waals surface area (Å²) >= 11 is 0. The van der Waals surface area contributed by atoms with Gasteiger partial charge >= 0.3 is 0 Å². The maximum Gasteiger partial charge on any atom is 0.251 e. The Bertz CT molecular complexity index is 884. The predicted octanol–water partition coefficient (Wildman–Crippen LogP) is 4.63. The van der Waals surface area contributed by atoms with Crippen LogP contribution in [0, 0.1) is 5.82 Å². The zero-order valence-electron chi connectivity index (χ0n) is 14.3. The van der Waals surface area contributed by atoms with Gasteiger partial charge in [-0.05, 0) is 35.9 Å². The fraction of sp³-hybridized carbons (Fsp3) is 0.0952. The average molecular weight is 350 g/mol. The lowest BCUT2D eigenvalue weighted by atomic mass is 10.1. The van der Waals surface area contributed by atoms with Gasteiger partial charge in [-0.3, -0.25) is 4.79 Å². The second-order valence-electron chi connectivity index (χ2n) is 5.72. The first kappa shape index (κ1) is 17.5. The van der Waals surface area contributed by atoms with Gasteiger partial charge < -0.3 is 15.4 Å². The van der Waals surface area contributed by atoms with Gasteiger partial charge in [0.25, 0.3) is 5.91 Å². The summed E-state index contributed by atoms with van der Waals surface area (Å²) in [5.41, 5.74) is 1.92. The Hall–Kier alpha value is -3.34. The normalized spacial score (nSPS) is 11.5. The molecule has 2 N–H and O–H groups in total. The van der Waals surface area contributed by atoms with Crippen LogP contribution in [-0.2, 0) is 4.79 Å². The average Bonchev–Trinajstić information content (AvgIpc) is 2.67. The van der Waals surface area contributed by atoms with Crippen LogP contribution in [0.1, 0.15) is 11.6 Å². The summed E-state index contributed by atoms with van der Waals surface area (Å²) in [7, 11) is 1.57. The second-order valence-corrected chi connectivity index (χ2v) is 5.72. The van der Waals surface area contributed by atoms with Gasteiger partial charge in [0, 0.05) is 17.4 Å². The highest BCUT2D eigenvalue weighted by Crippen LogP contribution is 2.23. The molecule has 0 saturated heterocycles. The topological polar surface area (TPSA) is 50.4 Å². The van der Waals surface area contributed by atoms with E-state index in [1.165, 1.54) is 12.1 Å². The Morgan fingerprint density at radius 1 is 0.923 bits per heavy atom. The molecule has 0 heterocycles. The fourth-order valence-electron chi connectivity index (χ4n) is 2.61. The summed E-state index contributed by atoms with van der Waals surface area (Å²) in [6.45, 7) is 0. The molecule has 0 aliphatic heterocycles. The number of carbonyl (C=O) groups excluding carboxylic acids is 1. The lowest BCUT2D eigenvalue weighted by Crippen LogP contribution is -2.27. The summed E-state index contributed by atoms with van der Waals surface area (Å²) in [6, 6.07) is 21.8. The summed E-state index contributed by atoms with van der Waals surface area (Å²) in [6.07, 6.45) is 0. The Morgan fingerprint density at radius 3 is 2.38 bits per heavy atom. The number of nitrogens with one attached hydrogen (secondary N) is 2. The van der Waals surface area contributed by atoms with Gasteiger partial charge in [0.1, 0.15) is 17.6 Å². The Morgan fingerprint density at radius 2 is 1.65 bits per heavy atom. The van der Waals surface area contributed by atoms with Crippen molar-refractivity contribution in [1.82, 2.24) is 0 Å². The number of carbonyl (C=O) groups is 1. The molecule has 132 valence electrons. The van der Waals surface area contributed by atoms with E-state index in [4.69, 9.17) is 4.74 Å². The van der Waals surface area contributed by atoms with E-state index in [0.717, 1.165) is 5.56 Å². The molecule has 3 aromatic rings. The number of benzene rings is 3. The molecule has 1 atom stereocenters. The van der Waals surface area contributed by atoms with Gasteiger partial charge in [-0.1, -0.05) is 42.5 Å². The van der Waals surface area contributed by atoms with Crippen molar-refractivity contribution in [2.24, 2.45) is 0 Å². The molecular weight excluding hydrogens is 331 g/mol. The van der Waals surface area contributed by atoms with Crippen molar-refractivity contribution in [1.29, 1.82) is 0 Å². The van der Waals surface area contributed by atoms with Crippen molar-refractivity contribution >= 4 is 17.3 Å². The van der Waals surface area contributed by atoms with E-state index in [0.29, 0.717) is 17.1 Å². The molecule has 3 rings (SSSR count). The highest BCUT2D eigenvalue weighted by atomic mass is 19.1. The summed E-state index contributed by atoms with van der Waals surface area (Å²) in [4.78, 5) is 12.9. The van der Waals surface area contributed by atoms with Crippen molar-refractivity contribution in [2.75, 3.05) is 17.7 Å². The number of anilines is 2. The molecule has 5 heteroatoms. The van der Waals surface area contributed by atoms with Gasteiger partial charge in [0.2, 0.25) is 0 Å². The molecule has 0 aromatic heterocycles. The van der Waals surface area contributed by atoms with Crippen LogP contribution in [0.3, 0.4) is 0 Å². The van der Waals surface area contributed by atoms with Crippen LogP contribution in [0.2, 0.25) is 0 Å². The number of hydrogen-bond acceptors (Lipinski definition) is 3. The van der Waals surface area contributed by atoms with Crippen molar-refractivity contribution < 1.29 is 13.9 Å². The molecule has 0 spiro atoms. The van der Waals surface area contributed by atoms with Gasteiger partial charge in [-0.25, -0.2) is 4.39 Å². The molecule has 0 saturated carbocycles. The highest BCUT2D eigenvalue weighted by molar-refractivity contribution is 5.97. The first-order valence-electron chi connectivity index (χ1n) is 8.17.